The summed E-state index contributed by atoms with van der Waals surface area (Å²) in [5, 5.41) is 16.1. The van der Waals surface area contributed by atoms with Crippen LogP contribution in [0.15, 0.2) is 54.6 Å². The Kier molecular flexibility index (Phi) is 3.12. The number of hydrogen-bond acceptors (Lipinski definition) is 5. The number of anilines is 3. The molecule has 6 nitrogen and oxygen atoms in total. The predicted octanol–water partition coefficient (Wildman–Crippen LogP) is 3.47. The summed E-state index contributed by atoms with van der Waals surface area (Å²) < 4.78 is 0. The van der Waals surface area contributed by atoms with E-state index in [1.54, 1.807) is 0 Å². The molecule has 0 saturated carbocycles. The Morgan fingerprint density at radius 1 is 1.05 bits per heavy atom. The second kappa shape index (κ2) is 5.09. The minimum atomic E-state index is -0.486. The molecule has 0 amide bonds. The topological polar surface area (TPSA) is 94.1 Å². The van der Waals surface area contributed by atoms with E-state index in [0.717, 1.165) is 16.5 Å². The fourth-order valence-corrected chi connectivity index (χ4v) is 2.17. The maximum atomic E-state index is 11.1. The highest BCUT2D eigenvalue weighted by Gasteiger charge is 2.16. The van der Waals surface area contributed by atoms with E-state index in [2.05, 4.69) is 10.3 Å². The Bertz CT molecular complexity index is 828. The molecule has 0 aliphatic heterocycles. The van der Waals surface area contributed by atoms with Crippen LogP contribution in [0.5, 0.6) is 0 Å². The van der Waals surface area contributed by atoms with Crippen molar-refractivity contribution in [3.8, 4) is 0 Å². The van der Waals surface area contributed by atoms with Crippen LogP contribution in [0.2, 0.25) is 0 Å². The summed E-state index contributed by atoms with van der Waals surface area (Å²) in [6.07, 6.45) is 0. The number of nitro groups is 1. The van der Waals surface area contributed by atoms with Gasteiger partial charge in [-0.1, -0.05) is 36.4 Å². The zero-order valence-corrected chi connectivity index (χ0v) is 11.0. The first-order valence-corrected chi connectivity index (χ1v) is 6.31. The highest BCUT2D eigenvalue weighted by molar-refractivity contribution is 5.95. The Morgan fingerprint density at radius 2 is 1.81 bits per heavy atom. The normalized spacial score (nSPS) is 10.5. The molecule has 0 unspecified atom stereocenters. The van der Waals surface area contributed by atoms with Crippen molar-refractivity contribution < 1.29 is 4.92 Å². The molecule has 1 heterocycles. The van der Waals surface area contributed by atoms with Crippen molar-refractivity contribution >= 4 is 33.8 Å². The molecule has 2 aromatic carbocycles. The van der Waals surface area contributed by atoms with Crippen molar-refractivity contribution in [3.63, 3.8) is 0 Å². The summed E-state index contributed by atoms with van der Waals surface area (Å²) in [6.45, 7) is 0. The number of rotatable bonds is 3. The van der Waals surface area contributed by atoms with Gasteiger partial charge in [-0.2, -0.15) is 0 Å². The predicted molar refractivity (Wildman–Crippen MR) is 82.5 cm³/mol. The van der Waals surface area contributed by atoms with E-state index < -0.39 is 4.92 Å². The van der Waals surface area contributed by atoms with Crippen LogP contribution in [-0.4, -0.2) is 9.91 Å². The van der Waals surface area contributed by atoms with Crippen LogP contribution in [0, 0.1) is 10.1 Å². The first kappa shape index (κ1) is 12.9. The van der Waals surface area contributed by atoms with Crippen LogP contribution in [0.25, 0.3) is 10.8 Å². The SMILES string of the molecule is Nc1ccc([N+](=O)[O-])c(Nc2cccc3ccccc23)n1. The second-order valence-corrected chi connectivity index (χ2v) is 4.51. The number of hydrogen-bond donors (Lipinski definition) is 2. The number of nitrogens with two attached hydrogens (primary N) is 1. The zero-order chi connectivity index (χ0) is 14.8. The van der Waals surface area contributed by atoms with Crippen LogP contribution in [0.3, 0.4) is 0 Å². The molecular weight excluding hydrogens is 268 g/mol. The number of nitrogens with zero attached hydrogens (tertiary/aromatic N) is 2. The maximum absolute atomic E-state index is 11.1. The van der Waals surface area contributed by atoms with Gasteiger partial charge in [0.05, 0.1) is 4.92 Å². The smallest absolute Gasteiger partial charge is 0.311 e. The third-order valence-electron chi connectivity index (χ3n) is 3.13. The summed E-state index contributed by atoms with van der Waals surface area (Å²) in [5.74, 6) is 0.361. The Labute approximate surface area is 120 Å². The van der Waals surface area contributed by atoms with E-state index in [-0.39, 0.29) is 17.3 Å². The van der Waals surface area contributed by atoms with Crippen LogP contribution < -0.4 is 11.1 Å². The number of benzene rings is 2. The van der Waals surface area contributed by atoms with Crippen LogP contribution >= 0.6 is 0 Å². The highest BCUT2D eigenvalue weighted by Crippen LogP contribution is 2.30. The van der Waals surface area contributed by atoms with Gasteiger partial charge < -0.3 is 11.1 Å². The lowest BCUT2D eigenvalue weighted by Gasteiger charge is -2.09. The van der Waals surface area contributed by atoms with Crippen LogP contribution in [-0.2, 0) is 0 Å². The largest absolute Gasteiger partial charge is 0.384 e. The van der Waals surface area contributed by atoms with Gasteiger partial charge in [0, 0.05) is 17.1 Å². The molecular formula is C15H12N4O2. The van der Waals surface area contributed by atoms with Crippen molar-refractivity contribution in [2.24, 2.45) is 0 Å². The van der Waals surface area contributed by atoms with Gasteiger partial charge in [-0.25, -0.2) is 4.98 Å². The number of aromatic nitrogens is 1. The lowest BCUT2D eigenvalue weighted by molar-refractivity contribution is -0.384. The molecule has 0 saturated heterocycles. The van der Waals surface area contributed by atoms with Gasteiger partial charge in [0.2, 0.25) is 5.82 Å². The molecule has 0 radical (unpaired) electrons. The molecule has 0 bridgehead atoms. The second-order valence-electron chi connectivity index (χ2n) is 4.51. The van der Waals surface area contributed by atoms with Crippen LogP contribution in [0.4, 0.5) is 23.0 Å². The van der Waals surface area contributed by atoms with Gasteiger partial charge in [0.1, 0.15) is 5.82 Å². The first-order chi connectivity index (χ1) is 10.1. The van der Waals surface area contributed by atoms with Crippen molar-refractivity contribution in [2.75, 3.05) is 11.1 Å². The van der Waals surface area contributed by atoms with E-state index in [1.807, 2.05) is 42.5 Å². The molecule has 6 heteroatoms. The molecule has 3 rings (SSSR count). The van der Waals surface area contributed by atoms with E-state index in [9.17, 15) is 10.1 Å². The van der Waals surface area contributed by atoms with Crippen LogP contribution in [0.1, 0.15) is 0 Å². The van der Waals surface area contributed by atoms with Crippen molar-refractivity contribution in [1.82, 2.24) is 4.98 Å². The monoisotopic (exact) mass is 280 g/mol. The van der Waals surface area contributed by atoms with E-state index in [4.69, 9.17) is 5.73 Å². The van der Waals surface area contributed by atoms with Crippen molar-refractivity contribution in [3.05, 3.63) is 64.7 Å². The summed E-state index contributed by atoms with van der Waals surface area (Å²) >= 11 is 0. The van der Waals surface area contributed by atoms with Gasteiger partial charge in [-0.15, -0.1) is 0 Å². The molecule has 1 aromatic heterocycles. The average molecular weight is 280 g/mol. The maximum Gasteiger partial charge on any atom is 0.311 e. The quantitative estimate of drug-likeness (QED) is 0.566. The summed E-state index contributed by atoms with van der Waals surface area (Å²) in [6, 6.07) is 16.2. The highest BCUT2D eigenvalue weighted by atomic mass is 16.6. The molecule has 0 fully saturated rings. The van der Waals surface area contributed by atoms with Crippen molar-refractivity contribution in [2.45, 2.75) is 0 Å². The Balaban J connectivity index is 2.11. The van der Waals surface area contributed by atoms with Gasteiger partial charge in [-0.3, -0.25) is 10.1 Å². The molecule has 0 spiro atoms. The van der Waals surface area contributed by atoms with Gasteiger partial charge in [0.25, 0.3) is 0 Å². The van der Waals surface area contributed by atoms with Gasteiger partial charge >= 0.3 is 5.69 Å². The Morgan fingerprint density at radius 3 is 2.62 bits per heavy atom. The zero-order valence-electron chi connectivity index (χ0n) is 11.0. The molecule has 0 aliphatic rings. The van der Waals surface area contributed by atoms with Gasteiger partial charge in [0.15, 0.2) is 0 Å². The average Bonchev–Trinajstić information content (AvgIpc) is 2.47. The summed E-state index contributed by atoms with van der Waals surface area (Å²) in [5.41, 5.74) is 6.25. The van der Waals surface area contributed by atoms with Gasteiger partial charge in [-0.05, 0) is 17.5 Å². The molecule has 0 aliphatic carbocycles. The number of pyridine rings is 1. The molecule has 3 N–H and O–H groups in total. The minimum Gasteiger partial charge on any atom is -0.384 e. The fourth-order valence-electron chi connectivity index (χ4n) is 2.17. The lowest BCUT2D eigenvalue weighted by Crippen LogP contribution is -2.02. The number of fused-ring (bicyclic) bond motifs is 1. The first-order valence-electron chi connectivity index (χ1n) is 6.31. The summed E-state index contributed by atoms with van der Waals surface area (Å²) in [7, 11) is 0. The Hall–Kier alpha value is -3.15. The minimum absolute atomic E-state index is 0.114. The summed E-state index contributed by atoms with van der Waals surface area (Å²) in [4.78, 5) is 14.6. The van der Waals surface area contributed by atoms with Crippen molar-refractivity contribution in [1.29, 1.82) is 0 Å². The standard InChI is InChI=1S/C15H12N4O2/c16-14-9-8-13(19(20)21)15(18-14)17-12-7-3-5-10-4-1-2-6-11(10)12/h1-9H,(H3,16,17,18). The molecule has 3 aromatic rings. The fraction of sp³-hybridized carbons (Fsp3) is 0. The van der Waals surface area contributed by atoms with E-state index in [0.29, 0.717) is 0 Å². The van der Waals surface area contributed by atoms with E-state index in [1.165, 1.54) is 12.1 Å². The molecule has 104 valence electrons. The lowest BCUT2D eigenvalue weighted by atomic mass is 10.1. The molecule has 0 atom stereocenters. The third-order valence-corrected chi connectivity index (χ3v) is 3.13. The van der Waals surface area contributed by atoms with E-state index >= 15 is 0 Å². The molecule has 21 heavy (non-hydrogen) atoms. The number of nitrogens with one attached hydrogen (secondary N) is 1. The number of nitrogen functional groups attached to an aromatic ring is 1. The third kappa shape index (κ3) is 2.46.